The first-order chi connectivity index (χ1) is 8.62. The lowest BCUT2D eigenvalue weighted by atomic mass is 10.2. The molecule has 0 heterocycles. The van der Waals surface area contributed by atoms with Gasteiger partial charge in [-0.25, -0.2) is 0 Å². The Morgan fingerprint density at radius 1 is 1.50 bits per heavy atom. The van der Waals surface area contributed by atoms with E-state index in [1.807, 2.05) is 6.92 Å². The van der Waals surface area contributed by atoms with Gasteiger partial charge in [0.1, 0.15) is 11.5 Å². The molecule has 0 bridgehead atoms. The number of carbonyl (C=O) groups excluding carboxylic acids is 1. The van der Waals surface area contributed by atoms with E-state index in [2.05, 4.69) is 5.32 Å². The Balaban J connectivity index is 2.80. The molecule has 0 spiro atoms. The number of hydrogen-bond acceptors (Lipinski definition) is 4. The third-order valence-electron chi connectivity index (χ3n) is 2.51. The number of hydrogen-bond donors (Lipinski definition) is 2. The zero-order chi connectivity index (χ0) is 13.5. The van der Waals surface area contributed by atoms with Crippen LogP contribution < -0.4 is 20.5 Å². The third kappa shape index (κ3) is 3.63. The van der Waals surface area contributed by atoms with Gasteiger partial charge in [0.25, 0.3) is 5.91 Å². The Kier molecular flexibility index (Phi) is 5.45. The van der Waals surface area contributed by atoms with Crippen molar-refractivity contribution in [2.45, 2.75) is 26.5 Å². The van der Waals surface area contributed by atoms with Crippen LogP contribution in [0.5, 0.6) is 11.5 Å². The molecule has 0 aliphatic rings. The Morgan fingerprint density at radius 2 is 2.22 bits per heavy atom. The molecule has 0 aliphatic carbocycles. The average Bonchev–Trinajstić information content (AvgIpc) is 2.39. The molecule has 1 aromatic rings. The highest BCUT2D eigenvalue weighted by molar-refractivity contribution is 5.80. The van der Waals surface area contributed by atoms with Crippen molar-refractivity contribution in [3.8, 4) is 11.5 Å². The number of nitrogens with two attached hydrogens (primary N) is 1. The van der Waals surface area contributed by atoms with E-state index >= 15 is 0 Å². The van der Waals surface area contributed by atoms with E-state index in [1.54, 1.807) is 32.2 Å². The highest BCUT2D eigenvalue weighted by Gasteiger charge is 2.15. The second-order valence-electron chi connectivity index (χ2n) is 3.83. The van der Waals surface area contributed by atoms with Crippen molar-refractivity contribution in [1.29, 1.82) is 0 Å². The van der Waals surface area contributed by atoms with Crippen LogP contribution in [0.25, 0.3) is 0 Å². The van der Waals surface area contributed by atoms with Gasteiger partial charge in [-0.05, 0) is 32.0 Å². The quantitative estimate of drug-likeness (QED) is 0.794. The number of carbonyl (C=O) groups is 1. The summed E-state index contributed by atoms with van der Waals surface area (Å²) in [5.41, 5.74) is 6.46. The number of ether oxygens (including phenoxy) is 2. The summed E-state index contributed by atoms with van der Waals surface area (Å²) in [6.07, 6.45) is -0.552. The minimum Gasteiger partial charge on any atom is -0.497 e. The van der Waals surface area contributed by atoms with Crippen molar-refractivity contribution in [2.24, 2.45) is 5.73 Å². The number of likely N-dealkylation sites (N-methyl/N-ethyl adjacent to an activating group) is 1. The van der Waals surface area contributed by atoms with E-state index in [0.29, 0.717) is 24.6 Å². The highest BCUT2D eigenvalue weighted by Crippen LogP contribution is 2.24. The van der Waals surface area contributed by atoms with E-state index in [4.69, 9.17) is 15.2 Å². The second-order valence-corrected chi connectivity index (χ2v) is 3.83. The van der Waals surface area contributed by atoms with Crippen LogP contribution in [0.2, 0.25) is 0 Å². The summed E-state index contributed by atoms with van der Waals surface area (Å²) in [4.78, 5) is 11.6. The lowest BCUT2D eigenvalue weighted by Gasteiger charge is -2.17. The first-order valence-electron chi connectivity index (χ1n) is 5.93. The lowest BCUT2D eigenvalue weighted by molar-refractivity contribution is -0.127. The van der Waals surface area contributed by atoms with Crippen LogP contribution in [0.15, 0.2) is 18.2 Å². The molecule has 5 heteroatoms. The summed E-state index contributed by atoms with van der Waals surface area (Å²) < 4.78 is 10.7. The maximum absolute atomic E-state index is 11.6. The second kappa shape index (κ2) is 6.86. The molecule has 1 atom stereocenters. The maximum Gasteiger partial charge on any atom is 0.260 e. The molecule has 1 unspecified atom stereocenters. The molecule has 1 amide bonds. The van der Waals surface area contributed by atoms with Gasteiger partial charge in [0, 0.05) is 18.7 Å². The molecule has 0 radical (unpaired) electrons. The average molecular weight is 252 g/mol. The summed E-state index contributed by atoms with van der Waals surface area (Å²) in [5.74, 6) is 1.18. The fraction of sp³-hybridized carbons (Fsp3) is 0.462. The van der Waals surface area contributed by atoms with E-state index in [9.17, 15) is 4.79 Å². The van der Waals surface area contributed by atoms with Crippen LogP contribution in [0.4, 0.5) is 0 Å². The van der Waals surface area contributed by atoms with Gasteiger partial charge in [0.15, 0.2) is 6.10 Å². The molecule has 1 aromatic carbocycles. The minimum absolute atomic E-state index is 0.142. The number of rotatable bonds is 6. The van der Waals surface area contributed by atoms with Gasteiger partial charge in [0.2, 0.25) is 0 Å². The Hall–Kier alpha value is -1.75. The predicted octanol–water partition coefficient (Wildman–Crippen LogP) is 1.06. The molecule has 0 saturated carbocycles. The van der Waals surface area contributed by atoms with E-state index in [1.165, 1.54) is 0 Å². The first kappa shape index (κ1) is 14.3. The van der Waals surface area contributed by atoms with E-state index in [-0.39, 0.29) is 5.91 Å². The Bertz CT molecular complexity index is 407. The molecule has 5 nitrogen and oxygen atoms in total. The van der Waals surface area contributed by atoms with Crippen molar-refractivity contribution in [1.82, 2.24) is 5.32 Å². The molecule has 1 rings (SSSR count). The molecule has 0 aliphatic heterocycles. The zero-order valence-corrected chi connectivity index (χ0v) is 11.0. The van der Waals surface area contributed by atoms with Gasteiger partial charge in [-0.3, -0.25) is 4.79 Å². The van der Waals surface area contributed by atoms with Gasteiger partial charge >= 0.3 is 0 Å². The summed E-state index contributed by atoms with van der Waals surface area (Å²) in [6, 6.07) is 5.34. The number of benzene rings is 1. The monoisotopic (exact) mass is 252 g/mol. The number of methoxy groups -OCH3 is 1. The van der Waals surface area contributed by atoms with Crippen molar-refractivity contribution in [3.63, 3.8) is 0 Å². The van der Waals surface area contributed by atoms with Crippen LogP contribution in [-0.4, -0.2) is 25.7 Å². The van der Waals surface area contributed by atoms with Crippen molar-refractivity contribution in [2.75, 3.05) is 13.7 Å². The SMILES string of the molecule is CCNC(=O)C(C)Oc1ccc(OC)cc1CN. The van der Waals surface area contributed by atoms with Gasteiger partial charge in [-0.2, -0.15) is 0 Å². The van der Waals surface area contributed by atoms with Crippen LogP contribution >= 0.6 is 0 Å². The molecule has 3 N–H and O–H groups in total. The first-order valence-corrected chi connectivity index (χ1v) is 5.93. The maximum atomic E-state index is 11.6. The molecule has 100 valence electrons. The van der Waals surface area contributed by atoms with Gasteiger partial charge in [0.05, 0.1) is 7.11 Å². The van der Waals surface area contributed by atoms with Crippen molar-refractivity contribution >= 4 is 5.91 Å². The highest BCUT2D eigenvalue weighted by atomic mass is 16.5. The normalized spacial score (nSPS) is 11.8. The Morgan fingerprint density at radius 3 is 2.78 bits per heavy atom. The van der Waals surface area contributed by atoms with E-state index < -0.39 is 6.10 Å². The molecule has 0 aromatic heterocycles. The van der Waals surface area contributed by atoms with Crippen LogP contribution in [-0.2, 0) is 11.3 Å². The smallest absolute Gasteiger partial charge is 0.260 e. The lowest BCUT2D eigenvalue weighted by Crippen LogP contribution is -2.36. The molecule has 0 fully saturated rings. The fourth-order valence-corrected chi connectivity index (χ4v) is 1.52. The summed E-state index contributed by atoms with van der Waals surface area (Å²) in [6.45, 7) is 4.48. The van der Waals surface area contributed by atoms with Gasteiger partial charge in [-0.1, -0.05) is 0 Å². The fourth-order valence-electron chi connectivity index (χ4n) is 1.52. The predicted molar refractivity (Wildman–Crippen MR) is 69.7 cm³/mol. The van der Waals surface area contributed by atoms with E-state index in [0.717, 1.165) is 5.56 Å². The third-order valence-corrected chi connectivity index (χ3v) is 2.51. The topological polar surface area (TPSA) is 73.6 Å². The van der Waals surface area contributed by atoms with Crippen molar-refractivity contribution in [3.05, 3.63) is 23.8 Å². The summed E-state index contributed by atoms with van der Waals surface area (Å²) in [5, 5.41) is 2.71. The zero-order valence-electron chi connectivity index (χ0n) is 11.0. The molecular formula is C13H20N2O3. The number of amides is 1. The summed E-state index contributed by atoms with van der Waals surface area (Å²) in [7, 11) is 1.59. The van der Waals surface area contributed by atoms with Gasteiger partial charge < -0.3 is 20.5 Å². The van der Waals surface area contributed by atoms with Gasteiger partial charge in [-0.15, -0.1) is 0 Å². The summed E-state index contributed by atoms with van der Waals surface area (Å²) >= 11 is 0. The molecular weight excluding hydrogens is 232 g/mol. The minimum atomic E-state index is -0.552. The molecule has 0 saturated heterocycles. The van der Waals surface area contributed by atoms with Crippen LogP contribution in [0.1, 0.15) is 19.4 Å². The molecule has 18 heavy (non-hydrogen) atoms. The standard InChI is InChI=1S/C13H20N2O3/c1-4-15-13(16)9(2)18-12-6-5-11(17-3)7-10(12)8-14/h5-7,9H,4,8,14H2,1-3H3,(H,15,16). The largest absolute Gasteiger partial charge is 0.497 e. The van der Waals surface area contributed by atoms with Crippen LogP contribution in [0, 0.1) is 0 Å². The van der Waals surface area contributed by atoms with Crippen LogP contribution in [0.3, 0.4) is 0 Å². The Labute approximate surface area is 107 Å². The van der Waals surface area contributed by atoms with Crippen molar-refractivity contribution < 1.29 is 14.3 Å². The number of nitrogens with one attached hydrogen (secondary N) is 1.